The number of aliphatic carboxylic acids is 1. The van der Waals surface area contributed by atoms with Crippen LogP contribution in [-0.4, -0.2) is 26.1 Å². The molecule has 0 aliphatic carbocycles. The van der Waals surface area contributed by atoms with Crippen molar-refractivity contribution in [3.8, 4) is 5.69 Å². The number of rotatable bonds is 4. The average molecular weight is 270 g/mol. The molecule has 2 rings (SSSR count). The summed E-state index contributed by atoms with van der Waals surface area (Å²) in [5, 5.41) is 16.5. The Morgan fingerprint density at radius 3 is 3.00 bits per heavy atom. The van der Waals surface area contributed by atoms with Crippen LogP contribution in [0, 0.1) is 5.82 Å². The highest BCUT2D eigenvalue weighted by atomic mass is 35.5. The molecule has 0 saturated heterocycles. The number of nitrogens with zero attached hydrogens (tertiary/aromatic N) is 3. The molecular weight excluding hydrogens is 261 g/mol. The molecule has 0 aliphatic rings. The highest BCUT2D eigenvalue weighted by Crippen LogP contribution is 2.20. The summed E-state index contributed by atoms with van der Waals surface area (Å²) < 4.78 is 14.4. The Labute approximate surface area is 107 Å². The van der Waals surface area contributed by atoms with Crippen molar-refractivity contribution >= 4 is 17.6 Å². The number of halogens is 2. The fraction of sp³-hybridized carbons (Fsp3) is 0.182. The molecule has 1 aromatic heterocycles. The highest BCUT2D eigenvalue weighted by Gasteiger charge is 2.09. The Balaban J connectivity index is 2.23. The van der Waals surface area contributed by atoms with Crippen molar-refractivity contribution in [2.45, 2.75) is 12.8 Å². The van der Waals surface area contributed by atoms with Crippen molar-refractivity contribution in [2.75, 3.05) is 0 Å². The summed E-state index contributed by atoms with van der Waals surface area (Å²) in [6.07, 6.45) is 1.77. The summed E-state index contributed by atoms with van der Waals surface area (Å²) in [5.41, 5.74) is 0.878. The lowest BCUT2D eigenvalue weighted by atomic mass is 10.2. The zero-order valence-electron chi connectivity index (χ0n) is 9.18. The van der Waals surface area contributed by atoms with Crippen LogP contribution in [0.1, 0.15) is 12.1 Å². The summed E-state index contributed by atoms with van der Waals surface area (Å²) in [4.78, 5) is 10.4. The molecule has 0 spiro atoms. The second-order valence-corrected chi connectivity index (χ2v) is 4.05. The van der Waals surface area contributed by atoms with E-state index in [1.54, 1.807) is 0 Å². The van der Waals surface area contributed by atoms with Gasteiger partial charge in [0.15, 0.2) is 0 Å². The molecule has 1 aromatic carbocycles. The summed E-state index contributed by atoms with van der Waals surface area (Å²) in [5.74, 6) is -1.34. The van der Waals surface area contributed by atoms with Gasteiger partial charge in [0.05, 0.1) is 29.0 Å². The molecule has 0 fully saturated rings. The van der Waals surface area contributed by atoms with Gasteiger partial charge in [0.25, 0.3) is 0 Å². The van der Waals surface area contributed by atoms with Crippen molar-refractivity contribution in [1.29, 1.82) is 0 Å². The lowest BCUT2D eigenvalue weighted by molar-refractivity contribution is -0.136. The van der Waals surface area contributed by atoms with Crippen LogP contribution in [0.4, 0.5) is 4.39 Å². The third-order valence-corrected chi connectivity index (χ3v) is 2.61. The van der Waals surface area contributed by atoms with Gasteiger partial charge >= 0.3 is 5.97 Å². The maximum absolute atomic E-state index is 13.1. The minimum Gasteiger partial charge on any atom is -0.481 e. The van der Waals surface area contributed by atoms with Crippen molar-refractivity contribution in [3.63, 3.8) is 0 Å². The van der Waals surface area contributed by atoms with Crippen LogP contribution in [0.2, 0.25) is 5.02 Å². The molecule has 2 aromatic rings. The van der Waals surface area contributed by atoms with Crippen LogP contribution in [-0.2, 0) is 11.2 Å². The molecule has 7 heteroatoms. The van der Waals surface area contributed by atoms with E-state index in [-0.39, 0.29) is 12.8 Å². The number of hydrogen-bond donors (Lipinski definition) is 1. The summed E-state index contributed by atoms with van der Waals surface area (Å²) >= 11 is 5.92. The minimum absolute atomic E-state index is 0.0322. The molecular formula is C11H9ClFN3O2. The van der Waals surface area contributed by atoms with E-state index in [9.17, 15) is 9.18 Å². The largest absolute Gasteiger partial charge is 0.481 e. The molecule has 18 heavy (non-hydrogen) atoms. The predicted molar refractivity (Wildman–Crippen MR) is 62.3 cm³/mol. The Morgan fingerprint density at radius 2 is 2.28 bits per heavy atom. The van der Waals surface area contributed by atoms with Gasteiger partial charge in [-0.1, -0.05) is 16.8 Å². The van der Waals surface area contributed by atoms with E-state index < -0.39 is 11.8 Å². The van der Waals surface area contributed by atoms with Crippen molar-refractivity contribution in [3.05, 3.63) is 40.9 Å². The topological polar surface area (TPSA) is 68.0 Å². The predicted octanol–water partition coefficient (Wildman–Crippen LogP) is 2.08. The molecule has 0 amide bonds. The van der Waals surface area contributed by atoms with Crippen LogP contribution < -0.4 is 0 Å². The Hall–Kier alpha value is -1.95. The van der Waals surface area contributed by atoms with E-state index in [0.29, 0.717) is 16.4 Å². The van der Waals surface area contributed by atoms with Gasteiger partial charge < -0.3 is 5.11 Å². The number of aromatic nitrogens is 3. The minimum atomic E-state index is -0.909. The van der Waals surface area contributed by atoms with E-state index in [2.05, 4.69) is 10.3 Å². The molecule has 5 nitrogen and oxygen atoms in total. The van der Waals surface area contributed by atoms with Crippen molar-refractivity contribution in [1.82, 2.24) is 15.0 Å². The maximum Gasteiger partial charge on any atom is 0.303 e. The van der Waals surface area contributed by atoms with E-state index in [1.807, 2.05) is 0 Å². The number of carboxylic acids is 1. The van der Waals surface area contributed by atoms with Crippen LogP contribution >= 0.6 is 11.6 Å². The molecule has 0 bridgehead atoms. The Morgan fingerprint density at radius 1 is 1.50 bits per heavy atom. The fourth-order valence-corrected chi connectivity index (χ4v) is 1.63. The zero-order chi connectivity index (χ0) is 13.1. The molecule has 0 saturated carbocycles. The Kier molecular flexibility index (Phi) is 3.57. The lowest BCUT2D eigenvalue weighted by Gasteiger charge is -2.02. The second-order valence-electron chi connectivity index (χ2n) is 3.64. The first kappa shape index (κ1) is 12.5. The highest BCUT2D eigenvalue weighted by molar-refractivity contribution is 6.32. The second kappa shape index (κ2) is 5.14. The zero-order valence-corrected chi connectivity index (χ0v) is 9.93. The third kappa shape index (κ3) is 2.84. The number of aryl methyl sites for hydroxylation is 1. The van der Waals surface area contributed by atoms with Gasteiger partial charge in [-0.3, -0.25) is 4.79 Å². The van der Waals surface area contributed by atoms with Crippen LogP contribution in [0.15, 0.2) is 24.4 Å². The first-order valence-electron chi connectivity index (χ1n) is 5.14. The lowest BCUT2D eigenvalue weighted by Crippen LogP contribution is -1.97. The van der Waals surface area contributed by atoms with Gasteiger partial charge in [-0.15, -0.1) is 5.10 Å². The van der Waals surface area contributed by atoms with Gasteiger partial charge in [-0.2, -0.15) is 0 Å². The van der Waals surface area contributed by atoms with Crippen molar-refractivity contribution < 1.29 is 14.3 Å². The van der Waals surface area contributed by atoms with Gasteiger partial charge in [0.1, 0.15) is 5.82 Å². The van der Waals surface area contributed by atoms with Crippen LogP contribution in [0.25, 0.3) is 5.69 Å². The Bertz CT molecular complexity index is 585. The monoisotopic (exact) mass is 269 g/mol. The van der Waals surface area contributed by atoms with E-state index >= 15 is 0 Å². The molecule has 94 valence electrons. The number of hydrogen-bond acceptors (Lipinski definition) is 3. The molecule has 0 atom stereocenters. The van der Waals surface area contributed by atoms with Crippen LogP contribution in [0.3, 0.4) is 0 Å². The molecule has 1 heterocycles. The third-order valence-electron chi connectivity index (χ3n) is 2.29. The SMILES string of the molecule is O=C(O)CCc1cn(-c2cc(F)ccc2Cl)nn1. The van der Waals surface area contributed by atoms with Gasteiger partial charge in [0, 0.05) is 12.5 Å². The summed E-state index contributed by atoms with van der Waals surface area (Å²) in [7, 11) is 0. The number of benzene rings is 1. The number of carbonyl (C=O) groups is 1. The molecule has 0 unspecified atom stereocenters. The van der Waals surface area contributed by atoms with Gasteiger partial charge in [0.2, 0.25) is 0 Å². The van der Waals surface area contributed by atoms with Gasteiger partial charge in [-0.25, -0.2) is 9.07 Å². The molecule has 1 N–H and O–H groups in total. The first-order chi connectivity index (χ1) is 8.56. The number of carboxylic acid groups (broad SMARTS) is 1. The van der Waals surface area contributed by atoms with Crippen molar-refractivity contribution in [2.24, 2.45) is 0 Å². The van der Waals surface area contributed by atoms with Crippen LogP contribution in [0.5, 0.6) is 0 Å². The summed E-state index contributed by atoms with van der Waals surface area (Å²) in [6, 6.07) is 3.90. The standard InChI is InChI=1S/C11H9ClFN3O2/c12-9-3-1-7(13)5-10(9)16-6-8(14-15-16)2-4-11(17)18/h1,3,5-6H,2,4H2,(H,17,18). The molecule has 0 radical (unpaired) electrons. The first-order valence-corrected chi connectivity index (χ1v) is 5.52. The molecule has 0 aliphatic heterocycles. The van der Waals surface area contributed by atoms with Gasteiger partial charge in [-0.05, 0) is 12.1 Å². The van der Waals surface area contributed by atoms with E-state index in [0.717, 1.165) is 0 Å². The summed E-state index contributed by atoms with van der Waals surface area (Å²) in [6.45, 7) is 0. The maximum atomic E-state index is 13.1. The van der Waals surface area contributed by atoms with E-state index in [4.69, 9.17) is 16.7 Å². The smallest absolute Gasteiger partial charge is 0.303 e. The average Bonchev–Trinajstić information content (AvgIpc) is 2.78. The van der Waals surface area contributed by atoms with E-state index in [1.165, 1.54) is 29.1 Å². The fourth-order valence-electron chi connectivity index (χ4n) is 1.43. The quantitative estimate of drug-likeness (QED) is 0.923. The normalized spacial score (nSPS) is 10.6.